The maximum Gasteiger partial charge on any atom is 0.234 e. The first-order valence-corrected chi connectivity index (χ1v) is 7.96. The van der Waals surface area contributed by atoms with Crippen LogP contribution in [0, 0.1) is 5.92 Å². The molecule has 1 unspecified atom stereocenters. The summed E-state index contributed by atoms with van der Waals surface area (Å²) < 4.78 is 11.7. The summed E-state index contributed by atoms with van der Waals surface area (Å²) in [5.41, 5.74) is 0. The maximum absolute atomic E-state index is 11.9. The molecular weight excluding hydrogens is 280 g/mol. The van der Waals surface area contributed by atoms with E-state index in [0.29, 0.717) is 32.2 Å². The number of ether oxygens (including phenoxy) is 2. The highest BCUT2D eigenvalue weighted by atomic mass is 16.6. The fourth-order valence-electron chi connectivity index (χ4n) is 2.32. The van der Waals surface area contributed by atoms with Gasteiger partial charge in [-0.15, -0.1) is 0 Å². The normalized spacial score (nSPS) is 16.9. The zero-order valence-electron chi connectivity index (χ0n) is 13.7. The summed E-state index contributed by atoms with van der Waals surface area (Å²) in [5, 5.41) is 2.95. The second-order valence-corrected chi connectivity index (χ2v) is 6.02. The molecule has 1 N–H and O–H groups in total. The van der Waals surface area contributed by atoms with E-state index in [0.717, 1.165) is 18.0 Å². The first-order valence-electron chi connectivity index (χ1n) is 7.96. The summed E-state index contributed by atoms with van der Waals surface area (Å²) in [6.45, 7) is 9.33. The minimum Gasteiger partial charge on any atom is -0.486 e. The molecule has 1 atom stereocenters. The lowest BCUT2D eigenvalue weighted by Gasteiger charge is -2.30. The van der Waals surface area contributed by atoms with Gasteiger partial charge in [0.05, 0.1) is 6.54 Å². The van der Waals surface area contributed by atoms with Crippen LogP contribution in [0.5, 0.6) is 11.5 Å². The number of hydrogen-bond donors (Lipinski definition) is 1. The third kappa shape index (κ3) is 4.91. The van der Waals surface area contributed by atoms with Crippen molar-refractivity contribution in [1.29, 1.82) is 0 Å². The van der Waals surface area contributed by atoms with Crippen LogP contribution in [-0.4, -0.2) is 49.7 Å². The number of amides is 1. The second-order valence-electron chi connectivity index (χ2n) is 6.02. The molecule has 1 aliphatic rings. The average molecular weight is 306 g/mol. The molecular formula is C17H26N2O3. The fraction of sp³-hybridized carbons (Fsp3) is 0.588. The Morgan fingerprint density at radius 1 is 1.36 bits per heavy atom. The van der Waals surface area contributed by atoms with Crippen LogP contribution in [0.25, 0.3) is 0 Å². The summed E-state index contributed by atoms with van der Waals surface area (Å²) >= 11 is 0. The van der Waals surface area contributed by atoms with Crippen molar-refractivity contribution >= 4 is 5.91 Å². The van der Waals surface area contributed by atoms with Gasteiger partial charge in [0, 0.05) is 13.1 Å². The number of carbonyl (C=O) groups excluding carboxylic acids is 1. The van der Waals surface area contributed by atoms with Crippen LogP contribution in [0.15, 0.2) is 24.3 Å². The molecule has 22 heavy (non-hydrogen) atoms. The first kappa shape index (κ1) is 16.6. The molecule has 1 heterocycles. The molecule has 0 aromatic heterocycles. The predicted molar refractivity (Wildman–Crippen MR) is 86.3 cm³/mol. The summed E-state index contributed by atoms with van der Waals surface area (Å²) in [6.07, 6.45) is -0.0484. The molecule has 0 saturated heterocycles. The van der Waals surface area contributed by atoms with E-state index < -0.39 is 0 Å². The molecule has 0 spiro atoms. The van der Waals surface area contributed by atoms with Crippen LogP contribution in [0.2, 0.25) is 0 Å². The van der Waals surface area contributed by atoms with Crippen LogP contribution in [0.1, 0.15) is 20.8 Å². The van der Waals surface area contributed by atoms with Crippen LogP contribution in [-0.2, 0) is 4.79 Å². The summed E-state index contributed by atoms with van der Waals surface area (Å²) in [6, 6.07) is 7.68. The molecule has 2 rings (SSSR count). The van der Waals surface area contributed by atoms with E-state index in [1.54, 1.807) is 0 Å². The molecule has 0 aliphatic carbocycles. The van der Waals surface area contributed by atoms with Crippen molar-refractivity contribution in [3.05, 3.63) is 24.3 Å². The number of likely N-dealkylation sites (N-methyl/N-ethyl adjacent to an activating group) is 1. The lowest BCUT2D eigenvalue weighted by molar-refractivity contribution is -0.122. The smallest absolute Gasteiger partial charge is 0.234 e. The summed E-state index contributed by atoms with van der Waals surface area (Å²) in [4.78, 5) is 14.0. The van der Waals surface area contributed by atoms with Gasteiger partial charge in [0.15, 0.2) is 11.5 Å². The van der Waals surface area contributed by atoms with Gasteiger partial charge in [0.25, 0.3) is 0 Å². The van der Waals surface area contributed by atoms with Crippen molar-refractivity contribution in [3.63, 3.8) is 0 Å². The van der Waals surface area contributed by atoms with E-state index in [1.165, 1.54) is 0 Å². The van der Waals surface area contributed by atoms with Gasteiger partial charge in [-0.05, 0) is 24.6 Å². The van der Waals surface area contributed by atoms with Crippen LogP contribution >= 0.6 is 0 Å². The third-order valence-corrected chi connectivity index (χ3v) is 3.55. The standard InChI is InChI=1S/C17H26N2O3/c1-4-19(11-17(20)18-9-13(2)3)10-14-12-21-15-7-5-6-8-16(15)22-14/h5-8,13-14H,4,9-12H2,1-3H3,(H,18,20). The number of fused-ring (bicyclic) bond motifs is 1. The van der Waals surface area contributed by atoms with Crippen LogP contribution in [0.3, 0.4) is 0 Å². The van der Waals surface area contributed by atoms with Gasteiger partial charge in [-0.1, -0.05) is 32.9 Å². The number of rotatable bonds is 7. The molecule has 5 nitrogen and oxygen atoms in total. The highest BCUT2D eigenvalue weighted by molar-refractivity contribution is 5.78. The molecule has 1 aromatic rings. The van der Waals surface area contributed by atoms with E-state index in [9.17, 15) is 4.79 Å². The lowest BCUT2D eigenvalue weighted by atomic mass is 10.2. The van der Waals surface area contributed by atoms with Gasteiger partial charge >= 0.3 is 0 Å². The molecule has 0 bridgehead atoms. The quantitative estimate of drug-likeness (QED) is 0.836. The van der Waals surface area contributed by atoms with Crippen LogP contribution in [0.4, 0.5) is 0 Å². The van der Waals surface area contributed by atoms with Gasteiger partial charge in [-0.3, -0.25) is 9.69 Å². The zero-order valence-corrected chi connectivity index (χ0v) is 13.7. The highest BCUT2D eigenvalue weighted by Gasteiger charge is 2.23. The second kappa shape index (κ2) is 8.03. The Hall–Kier alpha value is -1.75. The average Bonchev–Trinajstić information content (AvgIpc) is 2.52. The number of benzene rings is 1. The Morgan fingerprint density at radius 2 is 2.09 bits per heavy atom. The van der Waals surface area contributed by atoms with Crippen molar-refractivity contribution in [2.24, 2.45) is 5.92 Å². The number of hydrogen-bond acceptors (Lipinski definition) is 4. The van der Waals surface area contributed by atoms with Crippen molar-refractivity contribution < 1.29 is 14.3 Å². The largest absolute Gasteiger partial charge is 0.486 e. The Balaban J connectivity index is 1.82. The predicted octanol–water partition coefficient (Wildman–Crippen LogP) is 1.92. The molecule has 1 amide bonds. The van der Waals surface area contributed by atoms with E-state index >= 15 is 0 Å². The first-order chi connectivity index (χ1) is 10.6. The Morgan fingerprint density at radius 3 is 2.77 bits per heavy atom. The number of nitrogens with one attached hydrogen (secondary N) is 1. The number of carbonyl (C=O) groups is 1. The summed E-state index contributed by atoms with van der Waals surface area (Å²) in [5.74, 6) is 2.09. The molecule has 5 heteroatoms. The van der Waals surface area contributed by atoms with Gasteiger partial charge in [-0.2, -0.15) is 0 Å². The van der Waals surface area contributed by atoms with Gasteiger partial charge < -0.3 is 14.8 Å². The third-order valence-electron chi connectivity index (χ3n) is 3.55. The van der Waals surface area contributed by atoms with E-state index in [-0.39, 0.29) is 12.0 Å². The van der Waals surface area contributed by atoms with Crippen molar-refractivity contribution in [2.75, 3.05) is 32.8 Å². The van der Waals surface area contributed by atoms with Gasteiger partial charge in [0.2, 0.25) is 5.91 Å². The topological polar surface area (TPSA) is 50.8 Å². The minimum atomic E-state index is -0.0484. The minimum absolute atomic E-state index is 0.0484. The Labute approximate surface area is 132 Å². The fourth-order valence-corrected chi connectivity index (χ4v) is 2.32. The Kier molecular flexibility index (Phi) is 6.07. The zero-order chi connectivity index (χ0) is 15.9. The SMILES string of the molecule is CCN(CC(=O)NCC(C)C)CC1COc2ccccc2O1. The van der Waals surface area contributed by atoms with E-state index in [4.69, 9.17) is 9.47 Å². The molecule has 1 aromatic carbocycles. The monoisotopic (exact) mass is 306 g/mol. The van der Waals surface area contributed by atoms with Gasteiger partial charge in [0.1, 0.15) is 12.7 Å². The van der Waals surface area contributed by atoms with Crippen molar-refractivity contribution in [2.45, 2.75) is 26.9 Å². The summed E-state index contributed by atoms with van der Waals surface area (Å²) in [7, 11) is 0. The highest BCUT2D eigenvalue weighted by Crippen LogP contribution is 2.30. The van der Waals surface area contributed by atoms with E-state index in [1.807, 2.05) is 31.2 Å². The van der Waals surface area contributed by atoms with Gasteiger partial charge in [-0.25, -0.2) is 0 Å². The maximum atomic E-state index is 11.9. The number of nitrogens with zero attached hydrogens (tertiary/aromatic N) is 1. The van der Waals surface area contributed by atoms with Crippen LogP contribution < -0.4 is 14.8 Å². The lowest BCUT2D eigenvalue weighted by Crippen LogP contribution is -2.45. The molecule has 0 radical (unpaired) electrons. The molecule has 122 valence electrons. The molecule has 0 saturated carbocycles. The Bertz CT molecular complexity index is 491. The molecule has 1 aliphatic heterocycles. The van der Waals surface area contributed by atoms with Crippen molar-refractivity contribution in [1.82, 2.24) is 10.2 Å². The van der Waals surface area contributed by atoms with Crippen molar-refractivity contribution in [3.8, 4) is 11.5 Å². The van der Waals surface area contributed by atoms with E-state index in [2.05, 4.69) is 24.1 Å². The number of para-hydroxylation sites is 2. The molecule has 0 fully saturated rings.